The maximum Gasteiger partial charge on any atom is 0.149 e. The molecule has 1 N–H and O–H groups in total. The van der Waals surface area contributed by atoms with E-state index < -0.39 is 9.84 Å². The summed E-state index contributed by atoms with van der Waals surface area (Å²) in [4.78, 5) is 2.35. The van der Waals surface area contributed by atoms with E-state index in [0.29, 0.717) is 0 Å². The third kappa shape index (κ3) is 6.39. The van der Waals surface area contributed by atoms with Crippen molar-refractivity contribution < 1.29 is 8.42 Å². The van der Waals surface area contributed by atoms with Crippen molar-refractivity contribution in [2.75, 3.05) is 30.4 Å². The highest BCUT2D eigenvalue weighted by Gasteiger charge is 2.10. The predicted octanol–water partition coefficient (Wildman–Crippen LogP) is 2.37. The fraction of sp³-hybridized carbons (Fsp3) is 0.600. The molecule has 5 heteroatoms. The maximum absolute atomic E-state index is 11.3. The van der Waals surface area contributed by atoms with Gasteiger partial charge >= 0.3 is 0 Å². The Bertz CT molecular complexity index is 510. The first-order valence-corrected chi connectivity index (χ1v) is 9.15. The predicted molar refractivity (Wildman–Crippen MR) is 85.9 cm³/mol. The van der Waals surface area contributed by atoms with Crippen molar-refractivity contribution >= 4 is 15.5 Å². The van der Waals surface area contributed by atoms with Gasteiger partial charge < -0.3 is 5.32 Å². The summed E-state index contributed by atoms with van der Waals surface area (Å²) < 4.78 is 22.6. The van der Waals surface area contributed by atoms with Crippen LogP contribution in [0.3, 0.4) is 0 Å². The fourth-order valence-electron chi connectivity index (χ4n) is 2.25. The maximum atomic E-state index is 11.3. The summed E-state index contributed by atoms with van der Waals surface area (Å²) in [6.45, 7) is 9.16. The van der Waals surface area contributed by atoms with E-state index in [2.05, 4.69) is 36.2 Å². The Morgan fingerprint density at radius 1 is 1.25 bits per heavy atom. The summed E-state index contributed by atoms with van der Waals surface area (Å²) >= 11 is 0. The summed E-state index contributed by atoms with van der Waals surface area (Å²) in [5.74, 6) is 0.146. The minimum atomic E-state index is -2.95. The number of hydrogen-bond donors (Lipinski definition) is 1. The van der Waals surface area contributed by atoms with Crippen LogP contribution >= 0.6 is 0 Å². The lowest BCUT2D eigenvalue weighted by molar-refractivity contribution is 0.296. The van der Waals surface area contributed by atoms with E-state index in [9.17, 15) is 8.42 Å². The van der Waals surface area contributed by atoms with Gasteiger partial charge in [-0.05, 0) is 37.7 Å². The van der Waals surface area contributed by atoms with Gasteiger partial charge in [0.15, 0.2) is 0 Å². The van der Waals surface area contributed by atoms with Crippen LogP contribution in [0.5, 0.6) is 0 Å². The van der Waals surface area contributed by atoms with Crippen molar-refractivity contribution in [1.29, 1.82) is 0 Å². The van der Waals surface area contributed by atoms with E-state index in [0.717, 1.165) is 25.3 Å². The Kier molecular flexibility index (Phi) is 6.49. The summed E-state index contributed by atoms with van der Waals surface area (Å²) in [5.41, 5.74) is 2.22. The number of nitrogens with one attached hydrogen (secondary N) is 1. The number of rotatable bonds is 8. The Morgan fingerprint density at radius 3 is 2.45 bits per heavy atom. The quantitative estimate of drug-likeness (QED) is 0.800. The van der Waals surface area contributed by atoms with Gasteiger partial charge in [0.25, 0.3) is 0 Å². The molecule has 4 nitrogen and oxygen atoms in total. The second kappa shape index (κ2) is 7.64. The monoisotopic (exact) mass is 298 g/mol. The summed E-state index contributed by atoms with van der Waals surface area (Å²) in [6.07, 6.45) is 1.27. The smallest absolute Gasteiger partial charge is 0.149 e. The van der Waals surface area contributed by atoms with E-state index in [1.54, 1.807) is 0 Å². The summed E-state index contributed by atoms with van der Waals surface area (Å²) in [5, 5.41) is 3.25. The van der Waals surface area contributed by atoms with Crippen molar-refractivity contribution in [1.82, 2.24) is 4.90 Å². The number of hydrogen-bond acceptors (Lipinski definition) is 4. The van der Waals surface area contributed by atoms with Crippen molar-refractivity contribution in [3.05, 3.63) is 29.8 Å². The molecule has 1 rings (SSSR count). The first-order valence-electron chi connectivity index (χ1n) is 7.09. The van der Waals surface area contributed by atoms with Crippen LogP contribution in [0.2, 0.25) is 0 Å². The molecule has 114 valence electrons. The molecule has 0 saturated carbocycles. The molecule has 0 spiro atoms. The van der Waals surface area contributed by atoms with E-state index in [4.69, 9.17) is 0 Å². The first kappa shape index (κ1) is 17.0. The Hall–Kier alpha value is -1.07. The topological polar surface area (TPSA) is 49.4 Å². The zero-order valence-electron chi connectivity index (χ0n) is 12.9. The molecule has 0 aliphatic rings. The molecule has 0 aliphatic heterocycles. The highest BCUT2D eigenvalue weighted by Crippen LogP contribution is 2.14. The zero-order valence-corrected chi connectivity index (χ0v) is 13.7. The molecular weight excluding hydrogens is 272 g/mol. The van der Waals surface area contributed by atoms with Gasteiger partial charge in [-0.3, -0.25) is 4.90 Å². The molecule has 20 heavy (non-hydrogen) atoms. The van der Waals surface area contributed by atoms with Gasteiger partial charge in [-0.25, -0.2) is 8.42 Å². The van der Waals surface area contributed by atoms with Gasteiger partial charge in [-0.1, -0.05) is 26.0 Å². The molecule has 0 amide bonds. The average Bonchev–Trinajstić information content (AvgIpc) is 2.34. The molecule has 0 aliphatic carbocycles. The summed E-state index contributed by atoms with van der Waals surface area (Å²) in [6, 6.07) is 8.09. The highest BCUT2D eigenvalue weighted by atomic mass is 32.2. The number of anilines is 1. The van der Waals surface area contributed by atoms with Crippen LogP contribution in [0.4, 0.5) is 5.69 Å². The van der Waals surface area contributed by atoms with Crippen LogP contribution in [0.1, 0.15) is 26.3 Å². The average molecular weight is 298 g/mol. The Morgan fingerprint density at radius 2 is 1.90 bits per heavy atom. The van der Waals surface area contributed by atoms with E-state index in [-0.39, 0.29) is 11.8 Å². The molecule has 0 bridgehead atoms. The highest BCUT2D eigenvalue weighted by molar-refractivity contribution is 7.90. The second-order valence-corrected chi connectivity index (χ2v) is 7.48. The lowest BCUT2D eigenvalue weighted by atomic mass is 10.1. The number of sulfone groups is 1. The van der Waals surface area contributed by atoms with Gasteiger partial charge in [0.05, 0.1) is 5.75 Å². The summed E-state index contributed by atoms with van der Waals surface area (Å²) in [7, 11) is -2.95. The Balaban J connectivity index is 2.68. The SMILES string of the molecule is CCN(CC)Cc1cccc(NC(C)CS(C)(=O)=O)c1. The fourth-order valence-corrected chi connectivity index (χ4v) is 3.24. The third-order valence-electron chi connectivity index (χ3n) is 3.19. The van der Waals surface area contributed by atoms with Gasteiger partial charge in [-0.15, -0.1) is 0 Å². The largest absolute Gasteiger partial charge is 0.382 e. The van der Waals surface area contributed by atoms with Gasteiger partial charge in [0, 0.05) is 24.5 Å². The van der Waals surface area contributed by atoms with E-state index >= 15 is 0 Å². The standard InChI is InChI=1S/C15H26N2O2S/c1-5-17(6-2)11-14-8-7-9-15(10-14)16-13(3)12-20(4,18)19/h7-10,13,16H,5-6,11-12H2,1-4H3. The lowest BCUT2D eigenvalue weighted by Crippen LogP contribution is -2.25. The number of nitrogens with zero attached hydrogens (tertiary/aromatic N) is 1. The van der Waals surface area contributed by atoms with Gasteiger partial charge in [-0.2, -0.15) is 0 Å². The van der Waals surface area contributed by atoms with Crippen LogP contribution in [0, 0.1) is 0 Å². The van der Waals surface area contributed by atoms with Crippen LogP contribution in [0.25, 0.3) is 0 Å². The van der Waals surface area contributed by atoms with Gasteiger partial charge in [0.1, 0.15) is 9.84 Å². The third-order valence-corrected chi connectivity index (χ3v) is 4.30. The molecule has 1 unspecified atom stereocenters. The van der Waals surface area contributed by atoms with Crippen LogP contribution < -0.4 is 5.32 Å². The Labute approximate surface area is 123 Å². The molecule has 0 heterocycles. The number of benzene rings is 1. The molecule has 0 saturated heterocycles. The minimum Gasteiger partial charge on any atom is -0.382 e. The molecule has 1 aromatic rings. The van der Waals surface area contributed by atoms with Crippen molar-refractivity contribution in [2.45, 2.75) is 33.4 Å². The zero-order chi connectivity index (χ0) is 15.2. The van der Waals surface area contributed by atoms with Crippen LogP contribution in [-0.4, -0.2) is 44.5 Å². The van der Waals surface area contributed by atoms with Crippen molar-refractivity contribution in [2.24, 2.45) is 0 Å². The molecule has 0 radical (unpaired) electrons. The van der Waals surface area contributed by atoms with Crippen molar-refractivity contribution in [3.8, 4) is 0 Å². The van der Waals surface area contributed by atoms with Crippen molar-refractivity contribution in [3.63, 3.8) is 0 Å². The second-order valence-electron chi connectivity index (χ2n) is 5.30. The minimum absolute atomic E-state index is 0.0892. The molecule has 1 atom stereocenters. The lowest BCUT2D eigenvalue weighted by Gasteiger charge is -2.19. The van der Waals surface area contributed by atoms with Gasteiger partial charge in [0.2, 0.25) is 0 Å². The van der Waals surface area contributed by atoms with Crippen LogP contribution in [-0.2, 0) is 16.4 Å². The normalized spacial score (nSPS) is 13.4. The molecule has 1 aromatic carbocycles. The molecule has 0 fully saturated rings. The molecular formula is C15H26N2O2S. The van der Waals surface area contributed by atoms with E-state index in [1.165, 1.54) is 11.8 Å². The first-order chi connectivity index (χ1) is 9.34. The van der Waals surface area contributed by atoms with E-state index in [1.807, 2.05) is 19.1 Å². The van der Waals surface area contributed by atoms with Crippen LogP contribution in [0.15, 0.2) is 24.3 Å². The molecule has 0 aromatic heterocycles.